The summed E-state index contributed by atoms with van der Waals surface area (Å²) in [4.78, 5) is 28.1. The van der Waals surface area contributed by atoms with Gasteiger partial charge in [0.2, 0.25) is 11.8 Å². The molecule has 2 fully saturated rings. The van der Waals surface area contributed by atoms with E-state index in [0.717, 1.165) is 25.0 Å². The fraction of sp³-hybridized carbons (Fsp3) is 0.692. The Balaban J connectivity index is 2.26. The third kappa shape index (κ3) is 1.96. The summed E-state index contributed by atoms with van der Waals surface area (Å²) < 4.78 is 0. The first-order valence-corrected chi connectivity index (χ1v) is 6.31. The SMILES string of the molecule is C=C(C)CN1C(=O)C2CCCN2C(=O)C1CC. The van der Waals surface area contributed by atoms with Crippen molar-refractivity contribution in [3.8, 4) is 0 Å². The molecule has 0 N–H and O–H groups in total. The lowest BCUT2D eigenvalue weighted by molar-refractivity contribution is -0.159. The third-order valence-electron chi connectivity index (χ3n) is 3.59. The maximum Gasteiger partial charge on any atom is 0.246 e. The molecule has 0 aromatic rings. The Morgan fingerprint density at radius 3 is 2.71 bits per heavy atom. The van der Waals surface area contributed by atoms with Crippen LogP contribution in [0.2, 0.25) is 0 Å². The van der Waals surface area contributed by atoms with Crippen LogP contribution < -0.4 is 0 Å². The number of amides is 2. The van der Waals surface area contributed by atoms with Gasteiger partial charge < -0.3 is 9.80 Å². The molecule has 2 unspecified atom stereocenters. The standard InChI is InChI=1S/C13H20N2O2/c1-4-10-12(16)14-7-5-6-11(14)13(17)15(10)8-9(2)3/h10-11H,2,4-8H2,1,3H3. The highest BCUT2D eigenvalue weighted by atomic mass is 16.2. The van der Waals surface area contributed by atoms with E-state index in [1.165, 1.54) is 0 Å². The quantitative estimate of drug-likeness (QED) is 0.690. The Bertz CT molecular complexity index is 364. The molecular formula is C13H20N2O2. The van der Waals surface area contributed by atoms with Crippen LogP contribution >= 0.6 is 0 Å². The number of rotatable bonds is 3. The lowest BCUT2D eigenvalue weighted by Gasteiger charge is -2.42. The molecule has 2 amide bonds. The van der Waals surface area contributed by atoms with Gasteiger partial charge in [-0.25, -0.2) is 0 Å². The van der Waals surface area contributed by atoms with Crippen molar-refractivity contribution >= 4 is 11.8 Å². The van der Waals surface area contributed by atoms with E-state index in [0.29, 0.717) is 13.0 Å². The minimum absolute atomic E-state index is 0.108. The smallest absolute Gasteiger partial charge is 0.246 e. The minimum atomic E-state index is -0.284. The van der Waals surface area contributed by atoms with Gasteiger partial charge in [-0.2, -0.15) is 0 Å². The summed E-state index contributed by atoms with van der Waals surface area (Å²) >= 11 is 0. The molecule has 2 atom stereocenters. The van der Waals surface area contributed by atoms with Gasteiger partial charge in [0.15, 0.2) is 0 Å². The first kappa shape index (κ1) is 12.1. The zero-order valence-corrected chi connectivity index (χ0v) is 10.6. The molecule has 0 aromatic carbocycles. The van der Waals surface area contributed by atoms with E-state index < -0.39 is 0 Å². The molecule has 2 rings (SSSR count). The number of hydrogen-bond acceptors (Lipinski definition) is 2. The van der Waals surface area contributed by atoms with Crippen molar-refractivity contribution in [1.82, 2.24) is 9.80 Å². The summed E-state index contributed by atoms with van der Waals surface area (Å²) in [5.74, 6) is 0.229. The van der Waals surface area contributed by atoms with E-state index in [2.05, 4.69) is 6.58 Å². The summed E-state index contributed by atoms with van der Waals surface area (Å²) in [5.41, 5.74) is 0.927. The fourth-order valence-electron chi connectivity index (χ4n) is 2.83. The number of nitrogens with zero attached hydrogens (tertiary/aromatic N) is 2. The van der Waals surface area contributed by atoms with Crippen LogP contribution in [-0.2, 0) is 9.59 Å². The van der Waals surface area contributed by atoms with Gasteiger partial charge >= 0.3 is 0 Å². The highest BCUT2D eigenvalue weighted by Crippen LogP contribution is 2.28. The third-order valence-corrected chi connectivity index (χ3v) is 3.59. The van der Waals surface area contributed by atoms with E-state index in [1.54, 1.807) is 9.80 Å². The van der Waals surface area contributed by atoms with Crippen LogP contribution in [0.25, 0.3) is 0 Å². The summed E-state index contributed by atoms with van der Waals surface area (Å²) in [7, 11) is 0. The van der Waals surface area contributed by atoms with Crippen molar-refractivity contribution in [3.05, 3.63) is 12.2 Å². The van der Waals surface area contributed by atoms with Crippen LogP contribution in [0.4, 0.5) is 0 Å². The van der Waals surface area contributed by atoms with Gasteiger partial charge in [-0.05, 0) is 26.2 Å². The van der Waals surface area contributed by atoms with Gasteiger partial charge in [-0.3, -0.25) is 9.59 Å². The van der Waals surface area contributed by atoms with Gasteiger partial charge in [0, 0.05) is 13.1 Å². The van der Waals surface area contributed by atoms with E-state index in [1.807, 2.05) is 13.8 Å². The fourth-order valence-corrected chi connectivity index (χ4v) is 2.83. The molecule has 0 bridgehead atoms. The summed E-state index contributed by atoms with van der Waals surface area (Å²) in [6.07, 6.45) is 2.44. The van der Waals surface area contributed by atoms with Gasteiger partial charge in [0.25, 0.3) is 0 Å². The summed E-state index contributed by atoms with van der Waals surface area (Å²) in [6.45, 7) is 8.94. The molecule has 0 spiro atoms. The predicted octanol–water partition coefficient (Wildman–Crippen LogP) is 1.17. The molecule has 2 heterocycles. The Labute approximate surface area is 102 Å². The largest absolute Gasteiger partial charge is 0.329 e. The topological polar surface area (TPSA) is 40.6 Å². The van der Waals surface area contributed by atoms with Crippen LogP contribution in [-0.4, -0.2) is 46.8 Å². The van der Waals surface area contributed by atoms with Crippen LogP contribution in [0.5, 0.6) is 0 Å². The molecule has 2 aliphatic heterocycles. The second-order valence-electron chi connectivity index (χ2n) is 5.04. The van der Waals surface area contributed by atoms with Crippen molar-refractivity contribution in [3.63, 3.8) is 0 Å². The molecule has 0 saturated carbocycles. The average Bonchev–Trinajstić information content (AvgIpc) is 2.74. The van der Waals surface area contributed by atoms with Crippen LogP contribution in [0.3, 0.4) is 0 Å². The minimum Gasteiger partial charge on any atom is -0.329 e. The number of carbonyl (C=O) groups is 2. The number of piperazine rings is 1. The van der Waals surface area contributed by atoms with Gasteiger partial charge in [0.1, 0.15) is 12.1 Å². The lowest BCUT2D eigenvalue weighted by Crippen LogP contribution is -2.62. The summed E-state index contributed by atoms with van der Waals surface area (Å²) in [5, 5.41) is 0. The van der Waals surface area contributed by atoms with Gasteiger partial charge in [0.05, 0.1) is 0 Å². The highest BCUT2D eigenvalue weighted by Gasteiger charge is 2.46. The van der Waals surface area contributed by atoms with Crippen LogP contribution in [0.1, 0.15) is 33.1 Å². The van der Waals surface area contributed by atoms with E-state index >= 15 is 0 Å². The number of carbonyl (C=O) groups excluding carboxylic acids is 2. The maximum absolute atomic E-state index is 12.3. The number of hydrogen-bond donors (Lipinski definition) is 0. The highest BCUT2D eigenvalue weighted by molar-refractivity contribution is 5.97. The molecule has 2 aliphatic rings. The molecule has 17 heavy (non-hydrogen) atoms. The first-order valence-electron chi connectivity index (χ1n) is 6.31. The lowest BCUT2D eigenvalue weighted by atomic mass is 10.0. The van der Waals surface area contributed by atoms with Crippen molar-refractivity contribution in [2.75, 3.05) is 13.1 Å². The Kier molecular flexibility index (Phi) is 3.22. The maximum atomic E-state index is 12.3. The van der Waals surface area contributed by atoms with Gasteiger partial charge in [-0.15, -0.1) is 0 Å². The molecule has 4 nitrogen and oxygen atoms in total. The molecule has 0 radical (unpaired) electrons. The molecule has 94 valence electrons. The van der Waals surface area contributed by atoms with E-state index in [9.17, 15) is 9.59 Å². The van der Waals surface area contributed by atoms with Crippen LogP contribution in [0.15, 0.2) is 12.2 Å². The molecule has 0 aromatic heterocycles. The summed E-state index contributed by atoms with van der Waals surface area (Å²) in [6, 6.07) is -0.488. The second-order valence-corrected chi connectivity index (χ2v) is 5.04. The zero-order chi connectivity index (χ0) is 12.6. The molecule has 4 heteroatoms. The Morgan fingerprint density at radius 2 is 2.12 bits per heavy atom. The normalized spacial score (nSPS) is 28.6. The zero-order valence-electron chi connectivity index (χ0n) is 10.6. The molecular weight excluding hydrogens is 216 g/mol. The Hall–Kier alpha value is -1.32. The Morgan fingerprint density at radius 1 is 1.41 bits per heavy atom. The average molecular weight is 236 g/mol. The number of fused-ring (bicyclic) bond motifs is 1. The van der Waals surface area contributed by atoms with Crippen molar-refractivity contribution in [1.29, 1.82) is 0 Å². The van der Waals surface area contributed by atoms with Gasteiger partial charge in [-0.1, -0.05) is 19.1 Å². The van der Waals surface area contributed by atoms with Crippen molar-refractivity contribution in [2.24, 2.45) is 0 Å². The van der Waals surface area contributed by atoms with E-state index in [4.69, 9.17) is 0 Å². The first-order chi connectivity index (χ1) is 8.06. The van der Waals surface area contributed by atoms with Crippen molar-refractivity contribution < 1.29 is 9.59 Å². The predicted molar refractivity (Wildman–Crippen MR) is 65.3 cm³/mol. The second kappa shape index (κ2) is 4.51. The van der Waals surface area contributed by atoms with Crippen LogP contribution in [0, 0.1) is 0 Å². The molecule has 2 saturated heterocycles. The molecule has 0 aliphatic carbocycles. The van der Waals surface area contributed by atoms with E-state index in [-0.39, 0.29) is 23.9 Å². The van der Waals surface area contributed by atoms with Crippen molar-refractivity contribution in [2.45, 2.75) is 45.2 Å². The monoisotopic (exact) mass is 236 g/mol.